The van der Waals surface area contributed by atoms with Crippen molar-refractivity contribution in [1.29, 1.82) is 0 Å². The molecule has 1 atom stereocenters. The minimum Gasteiger partial charge on any atom is -0.290 e. The molecule has 1 aromatic carbocycles. The number of hydrogen-bond acceptors (Lipinski definition) is 2. The Morgan fingerprint density at radius 3 is 2.75 bits per heavy atom. The fraction of sp³-hybridized carbons (Fsp3) is 0.143. The maximum atomic E-state index is 12.6. The molecule has 0 amide bonds. The summed E-state index contributed by atoms with van der Waals surface area (Å²) in [7, 11) is 1.30. The van der Waals surface area contributed by atoms with Gasteiger partial charge in [0.1, 0.15) is 5.82 Å². The molecule has 1 rings (SSSR count). The van der Waals surface area contributed by atoms with Crippen LogP contribution in [0.5, 0.6) is 0 Å². The van der Waals surface area contributed by atoms with Gasteiger partial charge in [-0.1, -0.05) is 11.6 Å². The van der Waals surface area contributed by atoms with Gasteiger partial charge in [0.2, 0.25) is 0 Å². The first-order valence-corrected chi connectivity index (χ1v) is 4.51. The van der Waals surface area contributed by atoms with Crippen LogP contribution in [0.3, 0.4) is 0 Å². The van der Waals surface area contributed by atoms with Crippen LogP contribution in [0.15, 0.2) is 23.1 Å². The van der Waals surface area contributed by atoms with Crippen molar-refractivity contribution in [1.82, 2.24) is 0 Å². The Bertz CT molecular complexity index is 316. The van der Waals surface area contributed by atoms with Crippen LogP contribution in [0, 0.1) is 5.82 Å². The van der Waals surface area contributed by atoms with E-state index in [1.54, 1.807) is 0 Å². The number of rotatable bonds is 2. The van der Waals surface area contributed by atoms with Gasteiger partial charge in [0.25, 0.3) is 0 Å². The van der Waals surface area contributed by atoms with Gasteiger partial charge in [-0.2, -0.15) is 0 Å². The Kier molecular flexibility index (Phi) is 3.20. The van der Waals surface area contributed by atoms with E-state index in [9.17, 15) is 8.60 Å². The van der Waals surface area contributed by atoms with Crippen molar-refractivity contribution in [3.05, 3.63) is 29.0 Å². The lowest BCUT2D eigenvalue weighted by Gasteiger charge is -1.99. The predicted molar refractivity (Wildman–Crippen MR) is 44.8 cm³/mol. The van der Waals surface area contributed by atoms with E-state index in [4.69, 9.17) is 11.6 Å². The Morgan fingerprint density at radius 2 is 2.25 bits per heavy atom. The van der Waals surface area contributed by atoms with Gasteiger partial charge < -0.3 is 0 Å². The molecular formula is C7H6ClFO2S. The van der Waals surface area contributed by atoms with E-state index < -0.39 is 16.9 Å². The summed E-state index contributed by atoms with van der Waals surface area (Å²) in [5, 5.41) is -0.0575. The van der Waals surface area contributed by atoms with Gasteiger partial charge >= 0.3 is 0 Å². The normalized spacial score (nSPS) is 12.9. The first-order chi connectivity index (χ1) is 5.65. The molecule has 0 aliphatic heterocycles. The molecule has 0 radical (unpaired) electrons. The molecule has 0 saturated carbocycles. The minimum atomic E-state index is -1.56. The average Bonchev–Trinajstić information content (AvgIpc) is 2.08. The molecule has 1 aromatic rings. The fourth-order valence-electron chi connectivity index (χ4n) is 0.677. The Balaban J connectivity index is 3.05. The lowest BCUT2D eigenvalue weighted by molar-refractivity contribution is 0.445. The molecule has 0 spiro atoms. The van der Waals surface area contributed by atoms with Crippen LogP contribution in [0.1, 0.15) is 0 Å². The van der Waals surface area contributed by atoms with Crippen molar-refractivity contribution in [3.63, 3.8) is 0 Å². The smallest absolute Gasteiger partial charge is 0.188 e. The first kappa shape index (κ1) is 9.64. The molecule has 1 unspecified atom stereocenters. The third kappa shape index (κ3) is 2.03. The first-order valence-electron chi connectivity index (χ1n) is 3.06. The van der Waals surface area contributed by atoms with Crippen molar-refractivity contribution in [2.75, 3.05) is 7.11 Å². The number of benzene rings is 1. The highest BCUT2D eigenvalue weighted by Crippen LogP contribution is 2.18. The van der Waals surface area contributed by atoms with E-state index in [1.165, 1.54) is 19.2 Å². The summed E-state index contributed by atoms with van der Waals surface area (Å²) in [5.41, 5.74) is 0. The second-order valence-electron chi connectivity index (χ2n) is 1.98. The SMILES string of the molecule is COS(=O)c1ccc(F)c(Cl)c1. The van der Waals surface area contributed by atoms with E-state index in [1.807, 2.05) is 0 Å². The maximum absolute atomic E-state index is 12.6. The van der Waals surface area contributed by atoms with E-state index in [2.05, 4.69) is 4.18 Å². The van der Waals surface area contributed by atoms with Gasteiger partial charge in [0.15, 0.2) is 11.1 Å². The van der Waals surface area contributed by atoms with E-state index >= 15 is 0 Å². The summed E-state index contributed by atoms with van der Waals surface area (Å²) < 4.78 is 28.1. The molecule has 12 heavy (non-hydrogen) atoms. The third-order valence-corrected chi connectivity index (χ3v) is 2.47. The van der Waals surface area contributed by atoms with Crippen molar-refractivity contribution in [2.24, 2.45) is 0 Å². The van der Waals surface area contributed by atoms with Gasteiger partial charge in [-0.15, -0.1) is 0 Å². The largest absolute Gasteiger partial charge is 0.290 e. The van der Waals surface area contributed by atoms with E-state index in [-0.39, 0.29) is 5.02 Å². The van der Waals surface area contributed by atoms with Crippen molar-refractivity contribution >= 4 is 22.7 Å². The fourth-order valence-corrected chi connectivity index (χ4v) is 1.51. The van der Waals surface area contributed by atoms with Gasteiger partial charge in [-0.05, 0) is 18.2 Å². The van der Waals surface area contributed by atoms with Crippen LogP contribution in [0.2, 0.25) is 5.02 Å². The Hall–Kier alpha value is -0.450. The van der Waals surface area contributed by atoms with Gasteiger partial charge in [0.05, 0.1) is 17.0 Å². The molecule has 0 bridgehead atoms. The third-order valence-electron chi connectivity index (χ3n) is 1.23. The Morgan fingerprint density at radius 1 is 1.58 bits per heavy atom. The zero-order valence-corrected chi connectivity index (χ0v) is 7.79. The molecule has 0 fully saturated rings. The predicted octanol–water partition coefficient (Wildman–Crippen LogP) is 2.15. The van der Waals surface area contributed by atoms with Crippen molar-refractivity contribution in [3.8, 4) is 0 Å². The molecule has 0 aliphatic carbocycles. The molecule has 0 aromatic heterocycles. The van der Waals surface area contributed by atoms with Gasteiger partial charge in [0, 0.05) is 0 Å². The van der Waals surface area contributed by atoms with Gasteiger partial charge in [-0.3, -0.25) is 4.18 Å². The lowest BCUT2D eigenvalue weighted by Crippen LogP contribution is -1.93. The topological polar surface area (TPSA) is 26.3 Å². The van der Waals surface area contributed by atoms with E-state index in [0.717, 1.165) is 6.07 Å². The highest BCUT2D eigenvalue weighted by Gasteiger charge is 2.05. The molecule has 0 heterocycles. The summed E-state index contributed by atoms with van der Waals surface area (Å²) in [4.78, 5) is 0.351. The molecule has 0 saturated heterocycles. The zero-order chi connectivity index (χ0) is 9.14. The number of halogens is 2. The van der Waals surface area contributed by atoms with Gasteiger partial charge in [-0.25, -0.2) is 8.60 Å². The summed E-state index contributed by atoms with van der Waals surface area (Å²) in [6, 6.07) is 3.78. The average molecular weight is 209 g/mol. The van der Waals surface area contributed by atoms with Crippen LogP contribution >= 0.6 is 11.6 Å². The summed E-state index contributed by atoms with van der Waals surface area (Å²) in [6.45, 7) is 0. The van der Waals surface area contributed by atoms with Crippen molar-refractivity contribution in [2.45, 2.75) is 4.90 Å². The summed E-state index contributed by atoms with van der Waals surface area (Å²) >= 11 is 3.89. The summed E-state index contributed by atoms with van der Waals surface area (Å²) in [6.07, 6.45) is 0. The molecule has 5 heteroatoms. The van der Waals surface area contributed by atoms with Crippen LogP contribution in [-0.2, 0) is 15.3 Å². The van der Waals surface area contributed by atoms with Crippen molar-refractivity contribution < 1.29 is 12.8 Å². The second kappa shape index (κ2) is 3.98. The highest BCUT2D eigenvalue weighted by atomic mass is 35.5. The van der Waals surface area contributed by atoms with Crippen LogP contribution in [-0.4, -0.2) is 11.3 Å². The van der Waals surface area contributed by atoms with Crippen LogP contribution in [0.25, 0.3) is 0 Å². The quantitative estimate of drug-likeness (QED) is 0.745. The monoisotopic (exact) mass is 208 g/mol. The number of hydrogen-bond donors (Lipinski definition) is 0. The standard InChI is InChI=1S/C7H6ClFO2S/c1-11-12(10)5-2-3-7(9)6(8)4-5/h2-4H,1H3. The second-order valence-corrected chi connectivity index (χ2v) is 3.66. The highest BCUT2D eigenvalue weighted by molar-refractivity contribution is 7.80. The zero-order valence-electron chi connectivity index (χ0n) is 6.21. The van der Waals surface area contributed by atoms with Crippen LogP contribution < -0.4 is 0 Å². The molecular weight excluding hydrogens is 203 g/mol. The molecule has 0 N–H and O–H groups in total. The minimum absolute atomic E-state index is 0.0575. The molecule has 0 aliphatic rings. The lowest BCUT2D eigenvalue weighted by atomic mass is 10.3. The molecule has 2 nitrogen and oxygen atoms in total. The van der Waals surface area contributed by atoms with E-state index in [0.29, 0.717) is 4.90 Å². The molecule has 66 valence electrons. The van der Waals surface area contributed by atoms with Crippen LogP contribution in [0.4, 0.5) is 4.39 Å². The summed E-state index contributed by atoms with van der Waals surface area (Å²) in [5.74, 6) is -0.534. The Labute approximate surface area is 77.0 Å². The maximum Gasteiger partial charge on any atom is 0.188 e.